The number of aromatic nitrogens is 3. The van der Waals surface area contributed by atoms with E-state index in [2.05, 4.69) is 15.3 Å². The number of nitrogens with zero attached hydrogens (tertiary/aromatic N) is 3. The molecule has 0 atom stereocenters. The van der Waals surface area contributed by atoms with Crippen molar-refractivity contribution in [2.45, 2.75) is 6.92 Å². The van der Waals surface area contributed by atoms with Crippen LogP contribution in [0.5, 0.6) is 0 Å². The van der Waals surface area contributed by atoms with Crippen LogP contribution in [-0.2, 0) is 0 Å². The lowest BCUT2D eigenvalue weighted by Crippen LogP contribution is -2.17. The summed E-state index contributed by atoms with van der Waals surface area (Å²) in [5, 5.41) is 4.05. The van der Waals surface area contributed by atoms with Crippen molar-refractivity contribution in [3.63, 3.8) is 0 Å². The Hall–Kier alpha value is -2.73. The maximum atomic E-state index is 12.9. The molecule has 4 aromatic rings. The molecule has 3 heterocycles. The van der Waals surface area contributed by atoms with E-state index in [1.807, 2.05) is 44.3 Å². The summed E-state index contributed by atoms with van der Waals surface area (Å²) >= 11 is 1.38. The lowest BCUT2D eigenvalue weighted by Gasteiger charge is -2.06. The first-order chi connectivity index (χ1) is 11.2. The van der Waals surface area contributed by atoms with E-state index in [-0.39, 0.29) is 5.56 Å². The maximum absolute atomic E-state index is 12.9. The van der Waals surface area contributed by atoms with Gasteiger partial charge in [-0.1, -0.05) is 12.1 Å². The Bertz CT molecular complexity index is 1100. The predicted molar refractivity (Wildman–Crippen MR) is 94.8 cm³/mol. The number of hydrogen-bond acceptors (Lipinski definition) is 5. The lowest BCUT2D eigenvalue weighted by atomic mass is 10.2. The van der Waals surface area contributed by atoms with Gasteiger partial charge in [0.2, 0.25) is 0 Å². The molecule has 0 unspecified atom stereocenters. The van der Waals surface area contributed by atoms with Crippen LogP contribution in [0.2, 0.25) is 0 Å². The topological polar surface area (TPSA) is 59.8 Å². The molecule has 0 radical (unpaired) electrons. The molecule has 0 bridgehead atoms. The second-order valence-corrected chi connectivity index (χ2v) is 6.33. The number of rotatable bonds is 2. The van der Waals surface area contributed by atoms with E-state index >= 15 is 0 Å². The summed E-state index contributed by atoms with van der Waals surface area (Å²) in [7, 11) is 1.85. The number of aryl methyl sites for hydroxylation is 1. The zero-order valence-electron chi connectivity index (χ0n) is 12.7. The van der Waals surface area contributed by atoms with Crippen molar-refractivity contribution >= 4 is 37.5 Å². The van der Waals surface area contributed by atoms with E-state index in [1.165, 1.54) is 11.3 Å². The SMILES string of the molecule is CNc1ccnc2sc3c(=O)n(-c4cccc(C)c4)cnc3c12. The van der Waals surface area contributed by atoms with Crippen LogP contribution < -0.4 is 10.9 Å². The standard InChI is InChI=1S/C17H14N4OS/c1-10-4-3-5-11(8-10)21-9-20-14-13-12(18-2)6-7-19-16(13)23-15(14)17(21)22/h3-9H,1-2H3,(H,18,19). The van der Waals surface area contributed by atoms with Crippen molar-refractivity contribution in [3.05, 3.63) is 58.8 Å². The highest BCUT2D eigenvalue weighted by molar-refractivity contribution is 7.25. The number of hydrogen-bond donors (Lipinski definition) is 1. The summed E-state index contributed by atoms with van der Waals surface area (Å²) in [4.78, 5) is 22.6. The smallest absolute Gasteiger partial charge is 0.275 e. The van der Waals surface area contributed by atoms with E-state index in [0.717, 1.165) is 27.2 Å². The number of fused-ring (bicyclic) bond motifs is 3. The first kappa shape index (κ1) is 13.9. The molecule has 1 aromatic carbocycles. The molecule has 0 fully saturated rings. The minimum absolute atomic E-state index is 0.0642. The number of benzene rings is 1. The Balaban J connectivity index is 2.07. The first-order valence-corrected chi connectivity index (χ1v) is 8.04. The van der Waals surface area contributed by atoms with Gasteiger partial charge in [0.15, 0.2) is 0 Å². The van der Waals surface area contributed by atoms with Gasteiger partial charge in [-0.3, -0.25) is 9.36 Å². The van der Waals surface area contributed by atoms with Gasteiger partial charge in [-0.25, -0.2) is 9.97 Å². The molecule has 5 nitrogen and oxygen atoms in total. The van der Waals surface area contributed by atoms with Crippen molar-refractivity contribution in [1.29, 1.82) is 0 Å². The van der Waals surface area contributed by atoms with Gasteiger partial charge in [-0.15, -0.1) is 11.3 Å². The Morgan fingerprint density at radius 2 is 2.09 bits per heavy atom. The van der Waals surface area contributed by atoms with Gasteiger partial charge in [0.1, 0.15) is 15.9 Å². The van der Waals surface area contributed by atoms with E-state index in [0.29, 0.717) is 10.2 Å². The summed E-state index contributed by atoms with van der Waals surface area (Å²) in [5.41, 5.74) is 3.50. The van der Waals surface area contributed by atoms with Crippen molar-refractivity contribution in [3.8, 4) is 5.69 Å². The normalized spacial score (nSPS) is 11.2. The van der Waals surface area contributed by atoms with E-state index in [1.54, 1.807) is 17.1 Å². The third kappa shape index (κ3) is 2.10. The first-order valence-electron chi connectivity index (χ1n) is 7.22. The second kappa shape index (κ2) is 5.17. The molecule has 0 spiro atoms. The van der Waals surface area contributed by atoms with Crippen molar-refractivity contribution in [2.75, 3.05) is 12.4 Å². The Kier molecular flexibility index (Phi) is 3.12. The third-order valence-corrected chi connectivity index (χ3v) is 4.91. The Morgan fingerprint density at radius 3 is 2.87 bits per heavy atom. The Labute approximate surface area is 136 Å². The van der Waals surface area contributed by atoms with Crippen LogP contribution in [0, 0.1) is 6.92 Å². The highest BCUT2D eigenvalue weighted by Gasteiger charge is 2.15. The Morgan fingerprint density at radius 1 is 1.22 bits per heavy atom. The highest BCUT2D eigenvalue weighted by Crippen LogP contribution is 2.33. The zero-order chi connectivity index (χ0) is 16.0. The fourth-order valence-corrected chi connectivity index (χ4v) is 3.78. The molecule has 0 aliphatic rings. The van der Waals surface area contributed by atoms with E-state index in [9.17, 15) is 4.79 Å². The number of thiophene rings is 1. The molecule has 0 aliphatic heterocycles. The minimum atomic E-state index is -0.0642. The number of pyridine rings is 1. The van der Waals surface area contributed by atoms with Gasteiger partial charge in [0.25, 0.3) is 5.56 Å². The molecule has 1 N–H and O–H groups in total. The van der Waals surface area contributed by atoms with Gasteiger partial charge >= 0.3 is 0 Å². The van der Waals surface area contributed by atoms with Gasteiger partial charge in [0, 0.05) is 18.9 Å². The monoisotopic (exact) mass is 322 g/mol. The summed E-state index contributed by atoms with van der Waals surface area (Å²) in [6.45, 7) is 2.00. The van der Waals surface area contributed by atoms with Crippen LogP contribution in [0.15, 0.2) is 47.7 Å². The fraction of sp³-hybridized carbons (Fsp3) is 0.118. The predicted octanol–water partition coefficient (Wildman–Crippen LogP) is 3.35. The third-order valence-electron chi connectivity index (χ3n) is 3.83. The van der Waals surface area contributed by atoms with Crippen LogP contribution in [0.3, 0.4) is 0 Å². The summed E-state index contributed by atoms with van der Waals surface area (Å²) in [6, 6.07) is 9.71. The molecule has 23 heavy (non-hydrogen) atoms. The summed E-state index contributed by atoms with van der Waals surface area (Å²) in [5.74, 6) is 0. The lowest BCUT2D eigenvalue weighted by molar-refractivity contribution is 0.965. The largest absolute Gasteiger partial charge is 0.387 e. The average molecular weight is 322 g/mol. The fourth-order valence-electron chi connectivity index (χ4n) is 2.72. The number of nitrogens with one attached hydrogen (secondary N) is 1. The van der Waals surface area contributed by atoms with Crippen molar-refractivity contribution in [1.82, 2.24) is 14.5 Å². The summed E-state index contributed by atoms with van der Waals surface area (Å²) in [6.07, 6.45) is 3.33. The number of anilines is 1. The highest BCUT2D eigenvalue weighted by atomic mass is 32.1. The minimum Gasteiger partial charge on any atom is -0.387 e. The van der Waals surface area contributed by atoms with Crippen LogP contribution in [-0.4, -0.2) is 21.6 Å². The molecular weight excluding hydrogens is 308 g/mol. The average Bonchev–Trinajstić information content (AvgIpc) is 2.95. The van der Waals surface area contributed by atoms with Crippen LogP contribution in [0.25, 0.3) is 26.1 Å². The second-order valence-electron chi connectivity index (χ2n) is 5.33. The molecule has 114 valence electrons. The molecule has 4 rings (SSSR count). The molecule has 6 heteroatoms. The van der Waals surface area contributed by atoms with Crippen molar-refractivity contribution in [2.24, 2.45) is 0 Å². The summed E-state index contributed by atoms with van der Waals surface area (Å²) < 4.78 is 2.21. The van der Waals surface area contributed by atoms with E-state index in [4.69, 9.17) is 0 Å². The van der Waals surface area contributed by atoms with Crippen LogP contribution in [0.4, 0.5) is 5.69 Å². The molecule has 0 saturated carbocycles. The quantitative estimate of drug-likeness (QED) is 0.615. The molecule has 0 aliphatic carbocycles. The van der Waals surface area contributed by atoms with Crippen molar-refractivity contribution < 1.29 is 0 Å². The molecular formula is C17H14N4OS. The van der Waals surface area contributed by atoms with Gasteiger partial charge in [0.05, 0.1) is 16.6 Å². The maximum Gasteiger partial charge on any atom is 0.275 e. The molecule has 3 aromatic heterocycles. The van der Waals surface area contributed by atoms with Gasteiger partial charge in [-0.05, 0) is 30.7 Å². The van der Waals surface area contributed by atoms with Gasteiger partial charge < -0.3 is 5.32 Å². The van der Waals surface area contributed by atoms with Gasteiger partial charge in [-0.2, -0.15) is 0 Å². The van der Waals surface area contributed by atoms with Crippen LogP contribution in [0.1, 0.15) is 5.56 Å². The van der Waals surface area contributed by atoms with Crippen LogP contribution >= 0.6 is 11.3 Å². The molecule has 0 saturated heterocycles. The zero-order valence-corrected chi connectivity index (χ0v) is 13.5. The van der Waals surface area contributed by atoms with E-state index < -0.39 is 0 Å². The molecule has 0 amide bonds.